The number of benzene rings is 6. The predicted octanol–water partition coefficient (Wildman–Crippen LogP) is 14.3. The summed E-state index contributed by atoms with van der Waals surface area (Å²) in [7, 11) is 0. The summed E-state index contributed by atoms with van der Waals surface area (Å²) in [5.41, 5.74) is 11.8. The molecule has 0 aliphatic carbocycles. The van der Waals surface area contributed by atoms with E-state index in [-0.39, 0.29) is 16.2 Å². The molecular formula is C55H54N4O. The van der Waals surface area contributed by atoms with Crippen LogP contribution in [0.4, 0.5) is 11.4 Å². The summed E-state index contributed by atoms with van der Waals surface area (Å²) in [4.78, 5) is 9.61. The van der Waals surface area contributed by atoms with Crippen molar-refractivity contribution in [1.29, 1.82) is 0 Å². The monoisotopic (exact) mass is 786 g/mol. The maximum atomic E-state index is 6.72. The fourth-order valence-electron chi connectivity index (χ4n) is 8.33. The van der Waals surface area contributed by atoms with Gasteiger partial charge < -0.3 is 14.5 Å². The van der Waals surface area contributed by atoms with Gasteiger partial charge in [0.15, 0.2) is 0 Å². The number of rotatable bonds is 8. The van der Waals surface area contributed by atoms with Crippen molar-refractivity contribution in [3.05, 3.63) is 193 Å². The number of fused-ring (bicyclic) bond motifs is 3. The molecule has 0 saturated heterocycles. The van der Waals surface area contributed by atoms with E-state index in [2.05, 4.69) is 228 Å². The third-order valence-electron chi connectivity index (χ3n) is 12.1. The highest BCUT2D eigenvalue weighted by Crippen LogP contribution is 2.40. The Labute approximate surface area is 355 Å². The smallest absolute Gasteiger partial charge is 0.137 e. The van der Waals surface area contributed by atoms with E-state index in [4.69, 9.17) is 9.72 Å². The van der Waals surface area contributed by atoms with Gasteiger partial charge in [0.05, 0.1) is 17.7 Å². The van der Waals surface area contributed by atoms with Crippen LogP contribution in [0.5, 0.6) is 11.5 Å². The molecule has 0 unspecified atom stereocenters. The molecule has 8 aromatic rings. The zero-order valence-electron chi connectivity index (χ0n) is 36.1. The first-order chi connectivity index (χ1) is 28.7. The van der Waals surface area contributed by atoms with Gasteiger partial charge >= 0.3 is 0 Å². The van der Waals surface area contributed by atoms with Crippen molar-refractivity contribution < 1.29 is 4.74 Å². The first-order valence-corrected chi connectivity index (χ1v) is 21.0. The second kappa shape index (κ2) is 14.9. The molecule has 1 aliphatic rings. The van der Waals surface area contributed by atoms with Gasteiger partial charge in [0.1, 0.15) is 17.3 Å². The minimum absolute atomic E-state index is 0.0487. The van der Waals surface area contributed by atoms with Crippen LogP contribution in [0.3, 0.4) is 0 Å². The number of pyridine rings is 1. The van der Waals surface area contributed by atoms with E-state index in [0.29, 0.717) is 6.67 Å². The SMILES string of the molecule is CC(C)(C)c1cc(N2C=CN(c3cccc(Oc4ccc5c6cc(-c7ccccc7)ccc6n(-c6cc(C(C)(C)c7ccccc7)ccn6)c5c4)c3)C2)cc(C(C)(C)C)c1. The van der Waals surface area contributed by atoms with Crippen LogP contribution in [0.15, 0.2) is 170 Å². The van der Waals surface area contributed by atoms with Crippen LogP contribution in [-0.4, -0.2) is 16.2 Å². The summed E-state index contributed by atoms with van der Waals surface area (Å²) in [6, 6.07) is 54.3. The first-order valence-electron chi connectivity index (χ1n) is 21.0. The van der Waals surface area contributed by atoms with E-state index in [1.807, 2.05) is 12.3 Å². The molecule has 2 aromatic heterocycles. The Hall–Kier alpha value is -6.59. The molecular weight excluding hydrogens is 733 g/mol. The molecule has 5 nitrogen and oxygen atoms in total. The van der Waals surface area contributed by atoms with Crippen LogP contribution < -0.4 is 14.5 Å². The fourth-order valence-corrected chi connectivity index (χ4v) is 8.33. The number of hydrogen-bond acceptors (Lipinski definition) is 4. The van der Waals surface area contributed by atoms with Gasteiger partial charge in [-0.15, -0.1) is 0 Å². The number of hydrogen-bond donors (Lipinski definition) is 0. The van der Waals surface area contributed by atoms with E-state index < -0.39 is 0 Å². The largest absolute Gasteiger partial charge is 0.457 e. The maximum Gasteiger partial charge on any atom is 0.137 e. The highest BCUT2D eigenvalue weighted by Gasteiger charge is 2.26. The molecule has 9 rings (SSSR count). The third kappa shape index (κ3) is 7.45. The molecule has 0 atom stereocenters. The minimum Gasteiger partial charge on any atom is -0.457 e. The molecule has 0 fully saturated rings. The summed E-state index contributed by atoms with van der Waals surface area (Å²) in [5.74, 6) is 2.42. The molecule has 0 amide bonds. The highest BCUT2D eigenvalue weighted by atomic mass is 16.5. The minimum atomic E-state index is -0.217. The van der Waals surface area contributed by atoms with Crippen molar-refractivity contribution in [2.75, 3.05) is 16.5 Å². The lowest BCUT2D eigenvalue weighted by Gasteiger charge is -2.29. The van der Waals surface area contributed by atoms with Gasteiger partial charge in [-0.3, -0.25) is 4.57 Å². The number of ether oxygens (including phenoxy) is 1. The van der Waals surface area contributed by atoms with Crippen molar-refractivity contribution in [1.82, 2.24) is 9.55 Å². The van der Waals surface area contributed by atoms with Gasteiger partial charge in [-0.2, -0.15) is 0 Å². The zero-order valence-corrected chi connectivity index (χ0v) is 36.1. The Bertz CT molecular complexity index is 2840. The van der Waals surface area contributed by atoms with Crippen LogP contribution in [0.25, 0.3) is 38.8 Å². The topological polar surface area (TPSA) is 33.5 Å². The van der Waals surface area contributed by atoms with Crippen LogP contribution in [0, 0.1) is 0 Å². The van der Waals surface area contributed by atoms with Crippen LogP contribution in [0.1, 0.15) is 77.6 Å². The summed E-state index contributed by atoms with van der Waals surface area (Å²) >= 11 is 0. The maximum absolute atomic E-state index is 6.72. The lowest BCUT2D eigenvalue weighted by atomic mass is 9.78. The van der Waals surface area contributed by atoms with Crippen molar-refractivity contribution >= 4 is 33.2 Å². The Morgan fingerprint density at radius 3 is 1.83 bits per heavy atom. The van der Waals surface area contributed by atoms with Gasteiger partial charge in [0, 0.05) is 58.3 Å². The summed E-state index contributed by atoms with van der Waals surface area (Å²) < 4.78 is 9.01. The van der Waals surface area contributed by atoms with Crippen molar-refractivity contribution in [2.24, 2.45) is 0 Å². The molecule has 0 radical (unpaired) electrons. The molecule has 6 aromatic carbocycles. The first kappa shape index (κ1) is 38.9. The molecule has 1 aliphatic heterocycles. The second-order valence-corrected chi connectivity index (χ2v) is 18.8. The van der Waals surface area contributed by atoms with E-state index >= 15 is 0 Å². The molecule has 5 heteroatoms. The Kier molecular flexibility index (Phi) is 9.66. The van der Waals surface area contributed by atoms with Crippen LogP contribution >= 0.6 is 0 Å². The molecule has 0 N–H and O–H groups in total. The normalized spacial score (nSPS) is 13.5. The lowest BCUT2D eigenvalue weighted by molar-refractivity contribution is 0.483. The van der Waals surface area contributed by atoms with Gasteiger partial charge in [-0.1, -0.05) is 134 Å². The zero-order chi connectivity index (χ0) is 41.8. The lowest BCUT2D eigenvalue weighted by Crippen LogP contribution is -2.26. The van der Waals surface area contributed by atoms with Crippen molar-refractivity contribution in [3.63, 3.8) is 0 Å². The van der Waals surface area contributed by atoms with Crippen LogP contribution in [-0.2, 0) is 16.2 Å². The third-order valence-corrected chi connectivity index (χ3v) is 12.1. The van der Waals surface area contributed by atoms with Gasteiger partial charge in [0.25, 0.3) is 0 Å². The molecule has 60 heavy (non-hydrogen) atoms. The fraction of sp³-hybridized carbons (Fsp3) is 0.218. The highest BCUT2D eigenvalue weighted by molar-refractivity contribution is 6.10. The molecule has 0 bridgehead atoms. The van der Waals surface area contributed by atoms with Gasteiger partial charge in [0.2, 0.25) is 0 Å². The standard InChI is InChI=1S/C55H54N4O/c1-53(2,3)42-31-43(54(4,5)6)33-45(32-42)58-29-28-57(37-58)44-20-15-21-46(35-44)60-47-23-24-48-49-30-39(38-16-11-9-12-17-38)22-25-50(49)59(51(48)36-47)52-34-41(26-27-56-52)55(7,8)40-18-13-10-14-19-40/h9-36H,37H2,1-8H3. The van der Waals surface area contributed by atoms with Crippen molar-refractivity contribution in [2.45, 2.75) is 71.6 Å². The Balaban J connectivity index is 1.06. The average Bonchev–Trinajstić information content (AvgIpc) is 3.87. The number of anilines is 2. The quantitative estimate of drug-likeness (QED) is 0.154. The number of aromatic nitrogens is 2. The summed E-state index contributed by atoms with van der Waals surface area (Å²) in [5, 5.41) is 2.31. The van der Waals surface area contributed by atoms with Gasteiger partial charge in [-0.25, -0.2) is 4.98 Å². The molecule has 0 saturated carbocycles. The van der Waals surface area contributed by atoms with E-state index in [1.54, 1.807) is 0 Å². The Morgan fingerprint density at radius 1 is 0.467 bits per heavy atom. The van der Waals surface area contributed by atoms with E-state index in [9.17, 15) is 0 Å². The molecule has 3 heterocycles. The predicted molar refractivity (Wildman–Crippen MR) is 252 cm³/mol. The second-order valence-electron chi connectivity index (χ2n) is 18.8. The average molecular weight is 787 g/mol. The summed E-state index contributed by atoms with van der Waals surface area (Å²) in [6.07, 6.45) is 6.28. The molecule has 300 valence electrons. The summed E-state index contributed by atoms with van der Waals surface area (Å²) in [6.45, 7) is 19.0. The molecule has 0 spiro atoms. The van der Waals surface area contributed by atoms with Crippen molar-refractivity contribution in [3.8, 4) is 28.4 Å². The van der Waals surface area contributed by atoms with E-state index in [0.717, 1.165) is 39.4 Å². The van der Waals surface area contributed by atoms with Crippen LogP contribution in [0.2, 0.25) is 0 Å². The Morgan fingerprint density at radius 2 is 1.13 bits per heavy atom. The number of nitrogens with zero attached hydrogens (tertiary/aromatic N) is 4. The van der Waals surface area contributed by atoms with E-state index in [1.165, 1.54) is 44.5 Å². The van der Waals surface area contributed by atoms with Gasteiger partial charge in [-0.05, 0) is 105 Å².